The van der Waals surface area contributed by atoms with Crippen molar-refractivity contribution in [3.63, 3.8) is 0 Å². The maximum Gasteiger partial charge on any atom is 0.418 e. The number of halogens is 3. The normalized spacial score (nSPS) is 15.4. The van der Waals surface area contributed by atoms with Crippen LogP contribution in [0.25, 0.3) is 0 Å². The summed E-state index contributed by atoms with van der Waals surface area (Å²) in [6.45, 7) is 4.13. The van der Waals surface area contributed by atoms with Crippen LogP contribution in [0.2, 0.25) is 0 Å². The quantitative estimate of drug-likeness (QED) is 0.808. The van der Waals surface area contributed by atoms with Gasteiger partial charge in [-0.05, 0) is 49.9 Å². The zero-order chi connectivity index (χ0) is 20.1. The molecule has 0 bridgehead atoms. The predicted octanol–water partition coefficient (Wildman–Crippen LogP) is 4.45. The van der Waals surface area contributed by atoms with Crippen molar-refractivity contribution in [2.24, 2.45) is 5.92 Å². The zero-order valence-electron chi connectivity index (χ0n) is 15.6. The Morgan fingerprint density at radius 1 is 1.21 bits per heavy atom. The van der Waals surface area contributed by atoms with E-state index in [1.54, 1.807) is 6.20 Å². The molecule has 1 fully saturated rings. The summed E-state index contributed by atoms with van der Waals surface area (Å²) in [5.74, 6) is 0.294. The molecule has 2 N–H and O–H groups in total. The molecule has 8 heteroatoms. The fourth-order valence-corrected chi connectivity index (χ4v) is 3.37. The standard InChI is InChI=1S/C20H23F3N4O/c1-14-12-16(6-9-24-14)27-10-7-15(8-11-27)13-25-19(28)26-18-5-3-2-4-17(18)20(21,22)23/h2-6,9,12,15H,7-8,10-11,13H2,1H3,(H2,25,26,28). The monoisotopic (exact) mass is 392 g/mol. The molecule has 150 valence electrons. The number of anilines is 2. The Morgan fingerprint density at radius 2 is 1.93 bits per heavy atom. The number of aryl methyl sites for hydroxylation is 1. The second kappa shape index (κ2) is 8.50. The third-order valence-electron chi connectivity index (χ3n) is 4.89. The Bertz CT molecular complexity index is 817. The fourth-order valence-electron chi connectivity index (χ4n) is 3.37. The number of benzene rings is 1. The summed E-state index contributed by atoms with van der Waals surface area (Å²) in [5.41, 5.74) is 1.01. The van der Waals surface area contributed by atoms with Gasteiger partial charge in [-0.2, -0.15) is 13.2 Å². The average Bonchev–Trinajstić information content (AvgIpc) is 2.66. The van der Waals surface area contributed by atoms with Gasteiger partial charge in [0.2, 0.25) is 0 Å². The van der Waals surface area contributed by atoms with Crippen molar-refractivity contribution < 1.29 is 18.0 Å². The molecule has 3 rings (SSSR count). The Kier molecular flexibility index (Phi) is 6.06. The van der Waals surface area contributed by atoms with Gasteiger partial charge < -0.3 is 15.5 Å². The van der Waals surface area contributed by atoms with Crippen LogP contribution >= 0.6 is 0 Å². The van der Waals surface area contributed by atoms with Crippen molar-refractivity contribution >= 4 is 17.4 Å². The van der Waals surface area contributed by atoms with Crippen molar-refractivity contribution in [2.75, 3.05) is 29.9 Å². The number of pyridine rings is 1. The maximum atomic E-state index is 13.0. The van der Waals surface area contributed by atoms with Gasteiger partial charge in [0, 0.05) is 37.2 Å². The van der Waals surface area contributed by atoms with Crippen molar-refractivity contribution in [1.82, 2.24) is 10.3 Å². The number of para-hydroxylation sites is 1. The van der Waals surface area contributed by atoms with Crippen LogP contribution in [0.1, 0.15) is 24.1 Å². The molecule has 1 aromatic heterocycles. The second-order valence-corrected chi connectivity index (χ2v) is 6.96. The van der Waals surface area contributed by atoms with E-state index in [0.717, 1.165) is 43.4 Å². The van der Waals surface area contributed by atoms with Gasteiger partial charge in [-0.25, -0.2) is 4.79 Å². The summed E-state index contributed by atoms with van der Waals surface area (Å²) in [4.78, 5) is 18.5. The van der Waals surface area contributed by atoms with Gasteiger partial charge in [-0.1, -0.05) is 12.1 Å². The lowest BCUT2D eigenvalue weighted by Crippen LogP contribution is -2.40. The SMILES string of the molecule is Cc1cc(N2CCC(CNC(=O)Nc3ccccc3C(F)(F)F)CC2)ccn1. The van der Waals surface area contributed by atoms with Crippen molar-refractivity contribution in [3.05, 3.63) is 53.9 Å². The van der Waals surface area contributed by atoms with E-state index in [0.29, 0.717) is 12.5 Å². The first-order valence-corrected chi connectivity index (χ1v) is 9.21. The lowest BCUT2D eigenvalue weighted by atomic mass is 9.96. The first-order valence-electron chi connectivity index (χ1n) is 9.21. The molecule has 2 heterocycles. The maximum absolute atomic E-state index is 13.0. The number of rotatable bonds is 4. The summed E-state index contributed by atoms with van der Waals surface area (Å²) >= 11 is 0. The third kappa shape index (κ3) is 5.15. The molecule has 1 aliphatic rings. The van der Waals surface area contributed by atoms with E-state index in [4.69, 9.17) is 0 Å². The summed E-state index contributed by atoms with van der Waals surface area (Å²) in [6.07, 6.45) is -0.912. The van der Waals surface area contributed by atoms with Gasteiger partial charge in [-0.3, -0.25) is 4.98 Å². The Hall–Kier alpha value is -2.77. The first-order chi connectivity index (χ1) is 13.3. The highest BCUT2D eigenvalue weighted by Gasteiger charge is 2.33. The number of nitrogens with zero attached hydrogens (tertiary/aromatic N) is 2. The van der Waals surface area contributed by atoms with Crippen molar-refractivity contribution in [1.29, 1.82) is 0 Å². The molecule has 2 aromatic rings. The number of piperidine rings is 1. The minimum atomic E-state index is -4.51. The molecule has 0 spiro atoms. The minimum Gasteiger partial charge on any atom is -0.371 e. The number of alkyl halides is 3. The summed E-state index contributed by atoms with van der Waals surface area (Å²) in [6, 6.07) is 8.36. The molecule has 0 atom stereocenters. The summed E-state index contributed by atoms with van der Waals surface area (Å²) in [5, 5.41) is 5.01. The zero-order valence-corrected chi connectivity index (χ0v) is 15.6. The first kappa shape index (κ1) is 20.0. The summed E-state index contributed by atoms with van der Waals surface area (Å²) < 4.78 is 39.0. The number of nitrogens with one attached hydrogen (secondary N) is 2. The molecule has 0 radical (unpaired) electrons. The van der Waals surface area contributed by atoms with Crippen LogP contribution in [-0.2, 0) is 6.18 Å². The highest BCUT2D eigenvalue weighted by atomic mass is 19.4. The van der Waals surface area contributed by atoms with Gasteiger partial charge in [-0.15, -0.1) is 0 Å². The number of carbonyl (C=O) groups excluding carboxylic acids is 1. The lowest BCUT2D eigenvalue weighted by molar-refractivity contribution is -0.136. The summed E-state index contributed by atoms with van der Waals surface area (Å²) in [7, 11) is 0. The van der Waals surface area contributed by atoms with E-state index in [9.17, 15) is 18.0 Å². The van der Waals surface area contributed by atoms with E-state index >= 15 is 0 Å². The van der Waals surface area contributed by atoms with Crippen molar-refractivity contribution in [2.45, 2.75) is 25.9 Å². The molecule has 5 nitrogen and oxygen atoms in total. The molecule has 1 saturated heterocycles. The van der Waals surface area contributed by atoms with Gasteiger partial charge in [0.25, 0.3) is 0 Å². The number of aromatic nitrogens is 1. The third-order valence-corrected chi connectivity index (χ3v) is 4.89. The second-order valence-electron chi connectivity index (χ2n) is 6.96. The van der Waals surface area contributed by atoms with E-state index in [-0.39, 0.29) is 5.69 Å². The van der Waals surface area contributed by atoms with E-state index in [2.05, 4.69) is 20.5 Å². The molecule has 2 amide bonds. The number of hydrogen-bond acceptors (Lipinski definition) is 3. The van der Waals surface area contributed by atoms with Gasteiger partial charge in [0.15, 0.2) is 0 Å². The molecular weight excluding hydrogens is 369 g/mol. The van der Waals surface area contributed by atoms with Crippen LogP contribution in [0, 0.1) is 12.8 Å². The molecule has 0 saturated carbocycles. The highest BCUT2D eigenvalue weighted by Crippen LogP contribution is 2.34. The van der Waals surface area contributed by atoms with Crippen LogP contribution in [0.4, 0.5) is 29.3 Å². The van der Waals surface area contributed by atoms with Crippen LogP contribution in [0.3, 0.4) is 0 Å². The number of hydrogen-bond donors (Lipinski definition) is 2. The van der Waals surface area contributed by atoms with Crippen LogP contribution < -0.4 is 15.5 Å². The number of amides is 2. The highest BCUT2D eigenvalue weighted by molar-refractivity contribution is 5.90. The molecule has 28 heavy (non-hydrogen) atoms. The van der Waals surface area contributed by atoms with Crippen LogP contribution in [-0.4, -0.2) is 30.6 Å². The molecule has 0 unspecified atom stereocenters. The lowest BCUT2D eigenvalue weighted by Gasteiger charge is -2.33. The smallest absolute Gasteiger partial charge is 0.371 e. The van der Waals surface area contributed by atoms with Crippen molar-refractivity contribution in [3.8, 4) is 0 Å². The van der Waals surface area contributed by atoms with Gasteiger partial charge in [0.1, 0.15) is 0 Å². The predicted molar refractivity (Wildman–Crippen MR) is 102 cm³/mol. The average molecular weight is 392 g/mol. The molecule has 0 aliphatic carbocycles. The fraction of sp³-hybridized carbons (Fsp3) is 0.400. The molecular formula is C20H23F3N4O. The van der Waals surface area contributed by atoms with Gasteiger partial charge >= 0.3 is 12.2 Å². The molecule has 1 aromatic carbocycles. The number of urea groups is 1. The van der Waals surface area contributed by atoms with E-state index in [1.165, 1.54) is 18.2 Å². The minimum absolute atomic E-state index is 0.240. The van der Waals surface area contributed by atoms with E-state index in [1.807, 2.05) is 19.1 Å². The Labute approximate surface area is 162 Å². The van der Waals surface area contributed by atoms with Gasteiger partial charge in [0.05, 0.1) is 11.3 Å². The van der Waals surface area contributed by atoms with E-state index < -0.39 is 17.8 Å². The molecule has 1 aliphatic heterocycles. The largest absolute Gasteiger partial charge is 0.418 e. The topological polar surface area (TPSA) is 57.3 Å². The number of carbonyl (C=O) groups is 1. The Balaban J connectivity index is 1.48. The van der Waals surface area contributed by atoms with Crippen LogP contribution in [0.15, 0.2) is 42.6 Å². The van der Waals surface area contributed by atoms with Crippen LogP contribution in [0.5, 0.6) is 0 Å². The Morgan fingerprint density at radius 3 is 2.61 bits per heavy atom.